The molecule has 0 saturated carbocycles. The van der Waals surface area contributed by atoms with Gasteiger partial charge in [0.05, 0.1) is 6.26 Å². The Hall–Kier alpha value is -1.68. The topological polar surface area (TPSA) is 51.0 Å². The van der Waals surface area contributed by atoms with Gasteiger partial charge in [-0.25, -0.2) is 9.97 Å². The van der Waals surface area contributed by atoms with Crippen LogP contribution in [-0.2, 0) is 6.54 Å². The Bertz CT molecular complexity index is 454. The average molecular weight is 217 g/mol. The number of aryl methyl sites for hydroxylation is 2. The van der Waals surface area contributed by atoms with Crippen molar-refractivity contribution in [1.29, 1.82) is 0 Å². The molecule has 0 aliphatic heterocycles. The molecule has 0 bridgehead atoms. The van der Waals surface area contributed by atoms with E-state index in [1.54, 1.807) is 6.26 Å². The minimum absolute atomic E-state index is 0.653. The van der Waals surface area contributed by atoms with Gasteiger partial charge in [-0.15, -0.1) is 0 Å². The summed E-state index contributed by atoms with van der Waals surface area (Å²) >= 11 is 0. The average Bonchev–Trinajstić information content (AvgIpc) is 2.76. The number of nitrogens with zero attached hydrogens (tertiary/aromatic N) is 2. The highest BCUT2D eigenvalue weighted by molar-refractivity contribution is 5.47. The van der Waals surface area contributed by atoms with E-state index in [-0.39, 0.29) is 0 Å². The molecule has 84 valence electrons. The minimum Gasteiger partial charge on any atom is -0.461 e. The fourth-order valence-corrected chi connectivity index (χ4v) is 1.69. The summed E-state index contributed by atoms with van der Waals surface area (Å²) in [4.78, 5) is 8.90. The van der Waals surface area contributed by atoms with E-state index in [9.17, 15) is 0 Å². The minimum atomic E-state index is 0.653. The zero-order valence-corrected chi connectivity index (χ0v) is 9.74. The molecule has 0 aromatic carbocycles. The zero-order valence-electron chi connectivity index (χ0n) is 9.74. The lowest BCUT2D eigenvalue weighted by molar-refractivity contribution is 0.576. The van der Waals surface area contributed by atoms with Crippen molar-refractivity contribution in [3.63, 3.8) is 0 Å². The predicted molar refractivity (Wildman–Crippen MR) is 62.0 cm³/mol. The first-order valence-corrected chi connectivity index (χ1v) is 5.25. The standard InChI is InChI=1S/C12H15N3O/c1-8-10(7-13-3)9(2)15-12(14-8)11-5-4-6-16-11/h4-6,13H,7H2,1-3H3. The molecule has 1 N–H and O–H groups in total. The number of rotatable bonds is 3. The van der Waals surface area contributed by atoms with Crippen molar-refractivity contribution in [2.24, 2.45) is 0 Å². The van der Waals surface area contributed by atoms with Crippen LogP contribution in [0, 0.1) is 13.8 Å². The van der Waals surface area contributed by atoms with Gasteiger partial charge in [0.1, 0.15) is 0 Å². The summed E-state index contributed by atoms with van der Waals surface area (Å²) < 4.78 is 5.29. The molecule has 4 heteroatoms. The van der Waals surface area contributed by atoms with E-state index in [1.807, 2.05) is 33.0 Å². The molecule has 16 heavy (non-hydrogen) atoms. The molecule has 2 rings (SSSR count). The Kier molecular flexibility index (Phi) is 3.01. The number of nitrogens with one attached hydrogen (secondary N) is 1. The molecule has 2 aromatic heterocycles. The van der Waals surface area contributed by atoms with Crippen molar-refractivity contribution < 1.29 is 4.42 Å². The van der Waals surface area contributed by atoms with E-state index in [0.717, 1.165) is 23.5 Å². The third kappa shape index (κ3) is 1.97. The Morgan fingerprint density at radius 1 is 1.25 bits per heavy atom. The Labute approximate surface area is 94.7 Å². The maximum atomic E-state index is 5.29. The third-order valence-corrected chi connectivity index (χ3v) is 2.52. The van der Waals surface area contributed by atoms with Gasteiger partial charge in [-0.1, -0.05) is 0 Å². The van der Waals surface area contributed by atoms with Crippen molar-refractivity contribution >= 4 is 0 Å². The van der Waals surface area contributed by atoms with Crippen LogP contribution in [0.4, 0.5) is 0 Å². The van der Waals surface area contributed by atoms with Crippen molar-refractivity contribution in [2.75, 3.05) is 7.05 Å². The Balaban J connectivity index is 2.45. The van der Waals surface area contributed by atoms with Crippen LogP contribution >= 0.6 is 0 Å². The molecule has 0 spiro atoms. The van der Waals surface area contributed by atoms with E-state index in [0.29, 0.717) is 11.6 Å². The number of hydrogen-bond donors (Lipinski definition) is 1. The molecule has 2 aromatic rings. The SMILES string of the molecule is CNCc1c(C)nc(-c2ccco2)nc1C. The summed E-state index contributed by atoms with van der Waals surface area (Å²) in [6.45, 7) is 4.78. The lowest BCUT2D eigenvalue weighted by Crippen LogP contribution is -2.11. The fraction of sp³-hybridized carbons (Fsp3) is 0.333. The van der Waals surface area contributed by atoms with Gasteiger partial charge in [0.25, 0.3) is 0 Å². The van der Waals surface area contributed by atoms with Gasteiger partial charge in [0.2, 0.25) is 0 Å². The second kappa shape index (κ2) is 4.45. The second-order valence-electron chi connectivity index (χ2n) is 3.70. The van der Waals surface area contributed by atoms with Crippen molar-refractivity contribution in [2.45, 2.75) is 20.4 Å². The molecular weight excluding hydrogens is 202 g/mol. The molecule has 0 radical (unpaired) electrons. The van der Waals surface area contributed by atoms with Crippen molar-refractivity contribution in [3.05, 3.63) is 35.3 Å². The first-order valence-electron chi connectivity index (χ1n) is 5.25. The largest absolute Gasteiger partial charge is 0.461 e. The molecule has 0 saturated heterocycles. The van der Waals surface area contributed by atoms with Crippen LogP contribution in [0.5, 0.6) is 0 Å². The molecule has 4 nitrogen and oxygen atoms in total. The van der Waals surface area contributed by atoms with E-state index in [1.165, 1.54) is 0 Å². The summed E-state index contributed by atoms with van der Waals surface area (Å²) in [5.74, 6) is 1.36. The van der Waals surface area contributed by atoms with Gasteiger partial charge >= 0.3 is 0 Å². The van der Waals surface area contributed by atoms with Crippen molar-refractivity contribution in [1.82, 2.24) is 15.3 Å². The van der Waals surface area contributed by atoms with Crippen LogP contribution in [0.1, 0.15) is 17.0 Å². The lowest BCUT2D eigenvalue weighted by Gasteiger charge is -2.09. The fourth-order valence-electron chi connectivity index (χ4n) is 1.69. The molecule has 0 amide bonds. The summed E-state index contributed by atoms with van der Waals surface area (Å²) in [5.41, 5.74) is 3.14. The van der Waals surface area contributed by atoms with Crippen LogP contribution in [0.25, 0.3) is 11.6 Å². The first kappa shape index (κ1) is 10.8. The second-order valence-corrected chi connectivity index (χ2v) is 3.70. The Morgan fingerprint density at radius 3 is 2.44 bits per heavy atom. The quantitative estimate of drug-likeness (QED) is 0.855. The van der Waals surface area contributed by atoms with E-state index in [2.05, 4.69) is 15.3 Å². The number of furan rings is 1. The van der Waals surface area contributed by atoms with Crippen LogP contribution in [0.15, 0.2) is 22.8 Å². The van der Waals surface area contributed by atoms with Gasteiger partial charge in [0, 0.05) is 23.5 Å². The van der Waals surface area contributed by atoms with E-state index in [4.69, 9.17) is 4.42 Å². The monoisotopic (exact) mass is 217 g/mol. The van der Waals surface area contributed by atoms with Gasteiger partial charge in [-0.3, -0.25) is 0 Å². The lowest BCUT2D eigenvalue weighted by atomic mass is 10.1. The summed E-state index contributed by atoms with van der Waals surface area (Å²) in [6, 6.07) is 3.71. The molecule has 0 aliphatic rings. The zero-order chi connectivity index (χ0) is 11.5. The van der Waals surface area contributed by atoms with Crippen LogP contribution in [-0.4, -0.2) is 17.0 Å². The molecule has 0 atom stereocenters. The van der Waals surface area contributed by atoms with Crippen LogP contribution in [0.2, 0.25) is 0 Å². The van der Waals surface area contributed by atoms with Gasteiger partial charge < -0.3 is 9.73 Å². The van der Waals surface area contributed by atoms with Crippen LogP contribution in [0.3, 0.4) is 0 Å². The van der Waals surface area contributed by atoms with Gasteiger partial charge in [0.15, 0.2) is 11.6 Å². The van der Waals surface area contributed by atoms with Gasteiger partial charge in [-0.2, -0.15) is 0 Å². The molecule has 2 heterocycles. The summed E-state index contributed by atoms with van der Waals surface area (Å²) in [6.07, 6.45) is 1.63. The van der Waals surface area contributed by atoms with Crippen molar-refractivity contribution in [3.8, 4) is 11.6 Å². The van der Waals surface area contributed by atoms with Gasteiger partial charge in [-0.05, 0) is 33.0 Å². The highest BCUT2D eigenvalue weighted by Gasteiger charge is 2.10. The van der Waals surface area contributed by atoms with E-state index >= 15 is 0 Å². The van der Waals surface area contributed by atoms with E-state index < -0.39 is 0 Å². The molecule has 0 unspecified atom stereocenters. The summed E-state index contributed by atoms with van der Waals surface area (Å²) in [7, 11) is 1.92. The molecule has 0 fully saturated rings. The summed E-state index contributed by atoms with van der Waals surface area (Å²) in [5, 5.41) is 3.12. The maximum Gasteiger partial charge on any atom is 0.196 e. The number of hydrogen-bond acceptors (Lipinski definition) is 4. The Morgan fingerprint density at radius 2 is 1.94 bits per heavy atom. The predicted octanol–water partition coefficient (Wildman–Crippen LogP) is 2.07. The molecular formula is C12H15N3O. The highest BCUT2D eigenvalue weighted by Crippen LogP contribution is 2.18. The smallest absolute Gasteiger partial charge is 0.196 e. The molecule has 0 aliphatic carbocycles. The number of aromatic nitrogens is 2. The normalized spacial score (nSPS) is 10.7. The van der Waals surface area contributed by atoms with Crippen LogP contribution < -0.4 is 5.32 Å². The third-order valence-electron chi connectivity index (χ3n) is 2.52. The highest BCUT2D eigenvalue weighted by atomic mass is 16.3. The maximum absolute atomic E-state index is 5.29. The first-order chi connectivity index (χ1) is 7.72.